The Kier molecular flexibility index (Phi) is 24.8. The number of amides is 5. The van der Waals surface area contributed by atoms with E-state index >= 15 is 0 Å². The maximum absolute atomic E-state index is 14.0. The predicted octanol–water partition coefficient (Wildman–Crippen LogP) is 4.45. The average Bonchev–Trinajstić information content (AvgIpc) is 3.19. The molecule has 0 spiro atoms. The van der Waals surface area contributed by atoms with E-state index in [0.717, 1.165) is 35.3 Å². The Bertz CT molecular complexity index is 1550. The summed E-state index contributed by atoms with van der Waals surface area (Å²) in [4.78, 5) is 55.1. The third-order valence-corrected chi connectivity index (χ3v) is 7.61. The van der Waals surface area contributed by atoms with Gasteiger partial charge in [0, 0.05) is 44.8 Å². The second-order valence-electron chi connectivity index (χ2n) is 12.2. The molecule has 14 nitrogen and oxygen atoms in total. The number of rotatable bonds is 19. The van der Waals surface area contributed by atoms with Crippen LogP contribution in [0.4, 0.5) is 10.5 Å². The molecule has 0 saturated heterocycles. The first-order valence-electron chi connectivity index (χ1n) is 19.2. The number of guanidine groups is 1. The fourth-order valence-corrected chi connectivity index (χ4v) is 4.92. The van der Waals surface area contributed by atoms with Crippen molar-refractivity contribution in [1.82, 2.24) is 26.6 Å². The highest BCUT2D eigenvalue weighted by molar-refractivity contribution is 5.95. The minimum atomic E-state index is -0.908. The Balaban J connectivity index is 0.00000288. The maximum atomic E-state index is 14.0. The quantitative estimate of drug-likeness (QED) is 0.0481. The molecule has 14 heteroatoms. The highest BCUT2D eigenvalue weighted by Crippen LogP contribution is 2.27. The molecule has 3 rings (SSSR count). The van der Waals surface area contributed by atoms with Crippen molar-refractivity contribution < 1.29 is 24.3 Å². The lowest BCUT2D eigenvalue weighted by Gasteiger charge is -2.23. The van der Waals surface area contributed by atoms with Crippen LogP contribution in [0.2, 0.25) is 0 Å². The number of phenols is 1. The van der Waals surface area contributed by atoms with Gasteiger partial charge in [0.25, 0.3) is 0 Å². The van der Waals surface area contributed by atoms with Crippen molar-refractivity contribution in [3.05, 3.63) is 95.6 Å². The Morgan fingerprint density at radius 2 is 1.38 bits per heavy atom. The molecule has 0 bridgehead atoms. The fourth-order valence-electron chi connectivity index (χ4n) is 4.92. The Morgan fingerprint density at radius 3 is 2.00 bits per heavy atom. The van der Waals surface area contributed by atoms with E-state index in [4.69, 9.17) is 11.5 Å². The van der Waals surface area contributed by atoms with Crippen molar-refractivity contribution in [3.8, 4) is 5.75 Å². The molecule has 0 aliphatic heterocycles. The van der Waals surface area contributed by atoms with Crippen molar-refractivity contribution in [3.63, 3.8) is 0 Å². The van der Waals surface area contributed by atoms with Gasteiger partial charge < -0.3 is 43.2 Å². The minimum absolute atomic E-state index is 0.109. The normalized spacial score (nSPS) is 11.6. The number of aliphatic imine (C=N–C) groups is 1. The van der Waals surface area contributed by atoms with Crippen LogP contribution < -0.4 is 43.4 Å². The van der Waals surface area contributed by atoms with E-state index in [1.165, 1.54) is 18.6 Å². The van der Waals surface area contributed by atoms with Gasteiger partial charge in [0.2, 0.25) is 17.7 Å². The van der Waals surface area contributed by atoms with Crippen molar-refractivity contribution in [2.24, 2.45) is 16.5 Å². The molecule has 0 heterocycles. The van der Waals surface area contributed by atoms with Crippen LogP contribution in [0.15, 0.2) is 83.9 Å². The van der Waals surface area contributed by atoms with Gasteiger partial charge in [-0.05, 0) is 66.8 Å². The van der Waals surface area contributed by atoms with Gasteiger partial charge in [-0.1, -0.05) is 95.6 Å². The van der Waals surface area contributed by atoms with E-state index in [-0.39, 0.29) is 62.0 Å². The van der Waals surface area contributed by atoms with Gasteiger partial charge in [-0.25, -0.2) is 4.79 Å². The van der Waals surface area contributed by atoms with Crippen LogP contribution in [0.5, 0.6) is 5.75 Å². The molecule has 5 amide bonds. The molecule has 302 valence electrons. The van der Waals surface area contributed by atoms with Gasteiger partial charge in [0.1, 0.15) is 11.8 Å². The number of carbonyl (C=O) groups excluding carboxylic acids is 4. The summed E-state index contributed by atoms with van der Waals surface area (Å²) in [7, 11) is 0. The van der Waals surface area contributed by atoms with E-state index in [2.05, 4.69) is 50.7 Å². The van der Waals surface area contributed by atoms with Crippen LogP contribution in [-0.4, -0.2) is 73.6 Å². The van der Waals surface area contributed by atoms with E-state index in [0.29, 0.717) is 19.4 Å². The number of nitrogens with two attached hydrogens (primary N) is 2. The monoisotopic (exact) mass is 761 g/mol. The summed E-state index contributed by atoms with van der Waals surface area (Å²) in [6.07, 6.45) is 3.03. The molecule has 3 aromatic rings. The van der Waals surface area contributed by atoms with Crippen LogP contribution in [-0.2, 0) is 20.9 Å². The van der Waals surface area contributed by atoms with Crippen LogP contribution in [0.25, 0.3) is 0 Å². The first kappa shape index (κ1) is 47.4. The van der Waals surface area contributed by atoms with Crippen molar-refractivity contribution in [2.45, 2.75) is 85.2 Å². The predicted molar refractivity (Wildman–Crippen MR) is 222 cm³/mol. The average molecular weight is 762 g/mol. The molecule has 0 aromatic heterocycles. The lowest BCUT2D eigenvalue weighted by molar-refractivity contribution is -0.129. The number of urea groups is 1. The third kappa shape index (κ3) is 19.9. The number of nitrogens with one attached hydrogen (secondary N) is 6. The molecular formula is C41H63N9O5. The van der Waals surface area contributed by atoms with E-state index in [1.807, 2.05) is 68.4 Å². The summed E-state index contributed by atoms with van der Waals surface area (Å²) in [5.41, 5.74) is 14.7. The van der Waals surface area contributed by atoms with Crippen molar-refractivity contribution in [1.29, 1.82) is 0 Å². The third-order valence-electron chi connectivity index (χ3n) is 7.61. The van der Waals surface area contributed by atoms with Crippen LogP contribution >= 0.6 is 0 Å². The zero-order valence-electron chi connectivity index (χ0n) is 33.1. The molecule has 0 aliphatic rings. The van der Waals surface area contributed by atoms with Gasteiger partial charge in [-0.2, -0.15) is 0 Å². The SMILES string of the molecule is CC.CCC.CCC(=O)NCCNC(=O)NC(N)=NCCCC(NC(=O)C(c1ccccc1)c1ccc(NCCCN)cc1)C(=O)NCc1ccc(O)cc1. The zero-order valence-corrected chi connectivity index (χ0v) is 33.1. The highest BCUT2D eigenvalue weighted by Gasteiger charge is 2.28. The number of nitrogens with zero attached hydrogens (tertiary/aromatic N) is 1. The summed E-state index contributed by atoms with van der Waals surface area (Å²) in [6.45, 7) is 12.2. The Morgan fingerprint density at radius 1 is 0.764 bits per heavy atom. The molecular weight excluding hydrogens is 699 g/mol. The lowest BCUT2D eigenvalue weighted by atomic mass is 9.90. The van der Waals surface area contributed by atoms with Gasteiger partial charge in [-0.15, -0.1) is 0 Å². The summed E-state index contributed by atoms with van der Waals surface area (Å²) < 4.78 is 0. The number of benzene rings is 3. The molecule has 0 fully saturated rings. The van der Waals surface area contributed by atoms with Crippen LogP contribution in [0.1, 0.15) is 89.3 Å². The zero-order chi connectivity index (χ0) is 40.8. The maximum Gasteiger partial charge on any atom is 0.321 e. The number of anilines is 1. The lowest BCUT2D eigenvalue weighted by Crippen LogP contribution is -2.48. The summed E-state index contributed by atoms with van der Waals surface area (Å²) in [6, 6.07) is 22.0. The first-order valence-corrected chi connectivity index (χ1v) is 19.2. The summed E-state index contributed by atoms with van der Waals surface area (Å²) in [5, 5.41) is 26.4. The molecule has 0 saturated carbocycles. The number of carbonyl (C=O) groups is 4. The smallest absolute Gasteiger partial charge is 0.321 e. The fraction of sp³-hybridized carbons (Fsp3) is 0.439. The number of hydrogen-bond donors (Lipinski definition) is 9. The van der Waals surface area contributed by atoms with Gasteiger partial charge in [0.15, 0.2) is 5.96 Å². The second-order valence-corrected chi connectivity index (χ2v) is 12.2. The van der Waals surface area contributed by atoms with Crippen LogP contribution in [0.3, 0.4) is 0 Å². The largest absolute Gasteiger partial charge is 0.508 e. The Hall–Kier alpha value is -5.63. The molecule has 55 heavy (non-hydrogen) atoms. The van der Waals surface area contributed by atoms with E-state index < -0.39 is 18.0 Å². The van der Waals surface area contributed by atoms with Gasteiger partial charge in [-0.3, -0.25) is 24.7 Å². The minimum Gasteiger partial charge on any atom is -0.508 e. The number of aromatic hydroxyl groups is 1. The number of hydrogen-bond acceptors (Lipinski definition) is 8. The van der Waals surface area contributed by atoms with E-state index in [9.17, 15) is 24.3 Å². The topological polar surface area (TPSA) is 225 Å². The molecule has 11 N–H and O–H groups in total. The Labute approximate surface area is 326 Å². The van der Waals surface area contributed by atoms with Crippen molar-refractivity contribution in [2.75, 3.05) is 38.0 Å². The molecule has 0 aliphatic carbocycles. The van der Waals surface area contributed by atoms with Crippen molar-refractivity contribution >= 4 is 35.4 Å². The molecule has 2 atom stereocenters. The van der Waals surface area contributed by atoms with Crippen LogP contribution in [0, 0.1) is 0 Å². The summed E-state index contributed by atoms with van der Waals surface area (Å²) >= 11 is 0. The van der Waals surface area contributed by atoms with Gasteiger partial charge in [0.05, 0.1) is 5.92 Å². The van der Waals surface area contributed by atoms with E-state index in [1.54, 1.807) is 19.1 Å². The number of phenolic OH excluding ortho intramolecular Hbond substituents is 1. The van der Waals surface area contributed by atoms with Gasteiger partial charge >= 0.3 is 6.03 Å². The standard InChI is InChI=1S/C36H49N9O5.C3H8.C2H6/c1-2-31(47)40-22-23-42-36(50)45-35(38)41-20-6-10-30(33(48)43-24-25-11-17-29(46)18-12-25)44-34(49)32(26-8-4-3-5-9-26)27-13-15-28(16-14-27)39-21-7-19-37;1-3-2;1-2/h3-5,8-9,11-18,30,32,39,46H,2,6-7,10,19-24,37H2,1H3,(H,40,47)(H,43,48)(H,44,49)(H4,38,41,42,45,50);3H2,1-2H3;1-2H3. The first-order chi connectivity index (χ1) is 26.6. The molecule has 2 unspecified atom stereocenters. The highest BCUT2D eigenvalue weighted by atomic mass is 16.3. The molecule has 3 aromatic carbocycles. The summed E-state index contributed by atoms with van der Waals surface area (Å²) in [5.74, 6) is -1.53. The molecule has 0 radical (unpaired) electrons. The second kappa shape index (κ2) is 28.8.